The zero-order chi connectivity index (χ0) is 29.3. The van der Waals surface area contributed by atoms with Gasteiger partial charge in [-0.1, -0.05) is 37.3 Å². The van der Waals surface area contributed by atoms with Crippen molar-refractivity contribution in [3.05, 3.63) is 59.7 Å². The third-order valence-corrected chi connectivity index (χ3v) is 9.16. The monoisotopic (exact) mass is 576 g/mol. The van der Waals surface area contributed by atoms with Gasteiger partial charge in [0.2, 0.25) is 11.8 Å². The molecule has 0 aliphatic carbocycles. The first-order chi connectivity index (χ1) is 19.6. The number of benzene rings is 2. The van der Waals surface area contributed by atoms with Gasteiger partial charge in [-0.2, -0.15) is 5.10 Å². The number of ether oxygens (including phenoxy) is 2. The van der Waals surface area contributed by atoms with E-state index in [0.717, 1.165) is 48.3 Å². The number of carbonyl (C=O) groups excluding carboxylic acids is 2. The maximum atomic E-state index is 14.0. The van der Waals surface area contributed by atoms with Crippen molar-refractivity contribution in [2.24, 2.45) is 5.92 Å². The lowest BCUT2D eigenvalue weighted by Crippen LogP contribution is -2.47. The third kappa shape index (κ3) is 5.82. The topological polar surface area (TPSA) is 76.9 Å². The normalized spacial score (nSPS) is 18.2. The van der Waals surface area contributed by atoms with E-state index in [1.54, 1.807) is 19.1 Å². The minimum atomic E-state index is -0.461. The fraction of sp³-hybridized carbons (Fsp3) is 0.469. The number of likely N-dealkylation sites (tertiary alicyclic amines) is 1. The van der Waals surface area contributed by atoms with E-state index in [1.807, 2.05) is 58.1 Å². The Kier molecular flexibility index (Phi) is 8.36. The summed E-state index contributed by atoms with van der Waals surface area (Å²) in [6.45, 7) is 9.88. The molecule has 1 unspecified atom stereocenters. The quantitative estimate of drug-likeness (QED) is 0.372. The number of nitrogens with zero attached hydrogens (tertiary/aromatic N) is 4. The summed E-state index contributed by atoms with van der Waals surface area (Å²) >= 11 is 1.53. The molecular formula is C32H40N4O4S. The van der Waals surface area contributed by atoms with Crippen molar-refractivity contribution < 1.29 is 19.1 Å². The highest BCUT2D eigenvalue weighted by Crippen LogP contribution is 2.51. The Bertz CT molecular complexity index is 1410. The summed E-state index contributed by atoms with van der Waals surface area (Å²) in [6, 6.07) is 15.8. The fourth-order valence-electron chi connectivity index (χ4n) is 5.58. The van der Waals surface area contributed by atoms with E-state index < -0.39 is 5.54 Å². The Morgan fingerprint density at radius 2 is 1.76 bits per heavy atom. The van der Waals surface area contributed by atoms with Gasteiger partial charge in [-0.15, -0.1) is 11.8 Å². The molecule has 218 valence electrons. The molecule has 1 atom stereocenters. The summed E-state index contributed by atoms with van der Waals surface area (Å²) < 4.78 is 13.3. The molecule has 8 nitrogen and oxygen atoms in total. The van der Waals surface area contributed by atoms with E-state index in [2.05, 4.69) is 27.7 Å². The number of anilines is 1. The zero-order valence-corrected chi connectivity index (χ0v) is 25.7. The molecule has 41 heavy (non-hydrogen) atoms. The Balaban J connectivity index is 1.73. The molecule has 3 heterocycles. The van der Waals surface area contributed by atoms with Crippen molar-refractivity contribution >= 4 is 29.4 Å². The Labute approximate surface area is 247 Å². The van der Waals surface area contributed by atoms with Gasteiger partial charge in [0, 0.05) is 29.8 Å². The number of aromatic nitrogens is 2. The van der Waals surface area contributed by atoms with Gasteiger partial charge in [-0.05, 0) is 57.7 Å². The third-order valence-electron chi connectivity index (χ3n) is 7.92. The molecule has 0 saturated carbocycles. The summed E-state index contributed by atoms with van der Waals surface area (Å²) in [4.78, 5) is 31.2. The second-order valence-electron chi connectivity index (χ2n) is 11.9. The number of piperidine rings is 1. The number of hydrogen-bond donors (Lipinski definition) is 0. The Morgan fingerprint density at radius 1 is 1.05 bits per heavy atom. The first-order valence-corrected chi connectivity index (χ1v) is 15.3. The van der Waals surface area contributed by atoms with Gasteiger partial charge in [-0.25, -0.2) is 4.68 Å². The van der Waals surface area contributed by atoms with Crippen LogP contribution in [0.2, 0.25) is 0 Å². The standard InChI is InChI=1S/C32H40N4O4S/c1-21-14-16-34(17-15-21)26(37)19-35-27(38)20-41-30(24-18-23(39-5)12-13-25(24)40-6)28-29(22-10-8-7-9-11-22)33-36(31(28)35)32(2,3)4/h7-13,18,21,30H,14-17,19-20H2,1-6H3. The average Bonchev–Trinajstić information content (AvgIpc) is 3.31. The average molecular weight is 577 g/mol. The lowest BCUT2D eigenvalue weighted by atomic mass is 9.98. The number of amides is 2. The molecule has 2 amide bonds. The highest BCUT2D eigenvalue weighted by molar-refractivity contribution is 8.00. The summed E-state index contributed by atoms with van der Waals surface area (Å²) in [6.07, 6.45) is 1.97. The van der Waals surface area contributed by atoms with Gasteiger partial charge in [0.15, 0.2) is 0 Å². The van der Waals surface area contributed by atoms with Crippen molar-refractivity contribution in [1.29, 1.82) is 0 Å². The highest BCUT2D eigenvalue weighted by atomic mass is 32.2. The molecule has 2 aliphatic heterocycles. The molecule has 0 bridgehead atoms. The predicted molar refractivity (Wildman–Crippen MR) is 164 cm³/mol. The van der Waals surface area contributed by atoms with E-state index in [-0.39, 0.29) is 29.4 Å². The van der Waals surface area contributed by atoms with Crippen molar-refractivity contribution in [3.63, 3.8) is 0 Å². The number of carbonyl (C=O) groups is 2. The number of thioether (sulfide) groups is 1. The fourth-order valence-corrected chi connectivity index (χ4v) is 6.79. The van der Waals surface area contributed by atoms with Crippen molar-refractivity contribution in [2.75, 3.05) is 44.5 Å². The van der Waals surface area contributed by atoms with E-state index in [0.29, 0.717) is 23.2 Å². The SMILES string of the molecule is COc1ccc(OC)c(C2SCC(=O)N(CC(=O)N3CCC(C)CC3)c3c2c(-c2ccccc2)nn3C(C)(C)C)c1. The minimum Gasteiger partial charge on any atom is -0.497 e. The van der Waals surface area contributed by atoms with Crippen LogP contribution in [0.3, 0.4) is 0 Å². The maximum absolute atomic E-state index is 14.0. The molecule has 1 aromatic heterocycles. The van der Waals surface area contributed by atoms with Crippen LogP contribution in [0.15, 0.2) is 48.5 Å². The summed E-state index contributed by atoms with van der Waals surface area (Å²) in [5, 5.41) is 4.89. The summed E-state index contributed by atoms with van der Waals surface area (Å²) in [5.41, 5.74) is 3.07. The first-order valence-electron chi connectivity index (χ1n) is 14.2. The van der Waals surface area contributed by atoms with Gasteiger partial charge >= 0.3 is 0 Å². The summed E-state index contributed by atoms with van der Waals surface area (Å²) in [5.74, 6) is 2.76. The van der Waals surface area contributed by atoms with Crippen LogP contribution in [0.25, 0.3) is 11.3 Å². The van der Waals surface area contributed by atoms with Gasteiger partial charge in [-0.3, -0.25) is 14.5 Å². The van der Waals surface area contributed by atoms with Crippen molar-refractivity contribution in [1.82, 2.24) is 14.7 Å². The summed E-state index contributed by atoms with van der Waals surface area (Å²) in [7, 11) is 3.29. The van der Waals surface area contributed by atoms with Crippen LogP contribution >= 0.6 is 11.8 Å². The second kappa shape index (κ2) is 11.8. The van der Waals surface area contributed by atoms with E-state index in [1.165, 1.54) is 11.8 Å². The molecule has 1 fully saturated rings. The predicted octanol–water partition coefficient (Wildman–Crippen LogP) is 5.75. The second-order valence-corrected chi connectivity index (χ2v) is 13.0. The molecule has 2 aliphatic rings. The minimum absolute atomic E-state index is 0.0151. The van der Waals surface area contributed by atoms with E-state index >= 15 is 0 Å². The van der Waals surface area contributed by atoms with E-state index in [9.17, 15) is 9.59 Å². The van der Waals surface area contributed by atoms with Crippen LogP contribution in [0.5, 0.6) is 11.5 Å². The lowest BCUT2D eigenvalue weighted by Gasteiger charge is -2.33. The van der Waals surface area contributed by atoms with Crippen LogP contribution < -0.4 is 14.4 Å². The molecule has 0 spiro atoms. The van der Waals surface area contributed by atoms with E-state index in [4.69, 9.17) is 14.6 Å². The smallest absolute Gasteiger partial charge is 0.242 e. The number of fused-ring (bicyclic) bond motifs is 1. The van der Waals surface area contributed by atoms with Gasteiger partial charge in [0.1, 0.15) is 23.9 Å². The molecule has 5 rings (SSSR count). The van der Waals surface area contributed by atoms with Crippen LogP contribution in [0, 0.1) is 5.92 Å². The van der Waals surface area contributed by atoms with Crippen molar-refractivity contribution in [2.45, 2.75) is 51.3 Å². The van der Waals surface area contributed by atoms with Crippen LogP contribution in [0.1, 0.15) is 56.9 Å². The highest BCUT2D eigenvalue weighted by Gasteiger charge is 2.40. The Morgan fingerprint density at radius 3 is 2.39 bits per heavy atom. The number of rotatable bonds is 6. The molecule has 2 aromatic carbocycles. The first kappa shape index (κ1) is 29.0. The number of methoxy groups -OCH3 is 2. The van der Waals surface area contributed by atoms with Gasteiger partial charge < -0.3 is 14.4 Å². The molecule has 0 radical (unpaired) electrons. The lowest BCUT2D eigenvalue weighted by molar-refractivity contribution is -0.132. The van der Waals surface area contributed by atoms with Gasteiger partial charge in [0.25, 0.3) is 0 Å². The molecule has 0 N–H and O–H groups in total. The Hall–Kier alpha value is -3.46. The van der Waals surface area contributed by atoms with Crippen LogP contribution in [0.4, 0.5) is 5.82 Å². The molecule has 9 heteroatoms. The zero-order valence-electron chi connectivity index (χ0n) is 24.8. The van der Waals surface area contributed by atoms with Crippen LogP contribution in [-0.2, 0) is 15.1 Å². The van der Waals surface area contributed by atoms with Crippen molar-refractivity contribution in [3.8, 4) is 22.8 Å². The molecular weight excluding hydrogens is 536 g/mol. The number of hydrogen-bond acceptors (Lipinski definition) is 6. The molecule has 3 aromatic rings. The van der Waals surface area contributed by atoms with Gasteiger partial charge in [0.05, 0.1) is 36.5 Å². The largest absolute Gasteiger partial charge is 0.497 e. The maximum Gasteiger partial charge on any atom is 0.242 e. The molecule has 1 saturated heterocycles. The van der Waals surface area contributed by atoms with Crippen LogP contribution in [-0.4, -0.2) is 66.1 Å².